The van der Waals surface area contributed by atoms with Gasteiger partial charge in [-0.3, -0.25) is 0 Å². The SMILES string of the molecule is CC(F)(F)F.CC(F)(F)F.CCCC(CC)C(C)(c1cccc(Br)c1)c1cccc(Br)c1. The normalized spacial score (nSPS) is 12.8. The number of hydrogen-bond acceptors (Lipinski definition) is 0. The van der Waals surface area contributed by atoms with Crippen molar-refractivity contribution < 1.29 is 26.3 Å². The molecule has 2 aromatic carbocycles. The molecule has 0 saturated heterocycles. The highest BCUT2D eigenvalue weighted by Gasteiger charge is 2.36. The van der Waals surface area contributed by atoms with E-state index in [4.69, 9.17) is 0 Å². The summed E-state index contributed by atoms with van der Waals surface area (Å²) in [5, 5.41) is 0. The molecule has 0 N–H and O–H groups in total. The van der Waals surface area contributed by atoms with Gasteiger partial charge in [-0.2, -0.15) is 26.3 Å². The van der Waals surface area contributed by atoms with Crippen LogP contribution in [0.1, 0.15) is 65.0 Å². The molecule has 0 amide bonds. The van der Waals surface area contributed by atoms with Crippen molar-refractivity contribution in [3.63, 3.8) is 0 Å². The van der Waals surface area contributed by atoms with Gasteiger partial charge in [0.1, 0.15) is 0 Å². The summed E-state index contributed by atoms with van der Waals surface area (Å²) in [5.74, 6) is 0.626. The minimum Gasteiger partial charge on any atom is -0.172 e. The van der Waals surface area contributed by atoms with Gasteiger partial charge >= 0.3 is 12.4 Å². The fourth-order valence-corrected chi connectivity index (χ4v) is 4.31. The van der Waals surface area contributed by atoms with Gasteiger partial charge in [0.25, 0.3) is 0 Å². The molecule has 1 atom stereocenters. The molecule has 0 heterocycles. The third kappa shape index (κ3) is 12.9. The van der Waals surface area contributed by atoms with E-state index in [0.717, 1.165) is 8.95 Å². The highest BCUT2D eigenvalue weighted by Crippen LogP contribution is 2.44. The van der Waals surface area contributed by atoms with Crippen molar-refractivity contribution in [3.05, 3.63) is 68.6 Å². The monoisotopic (exact) mass is 590 g/mol. The van der Waals surface area contributed by atoms with Crippen molar-refractivity contribution in [3.8, 4) is 0 Å². The van der Waals surface area contributed by atoms with Crippen LogP contribution >= 0.6 is 31.9 Å². The van der Waals surface area contributed by atoms with Gasteiger partial charge in [-0.25, -0.2) is 0 Å². The molecule has 0 aromatic heterocycles. The van der Waals surface area contributed by atoms with E-state index >= 15 is 0 Å². The maximum Gasteiger partial charge on any atom is 0.386 e. The van der Waals surface area contributed by atoms with Crippen LogP contribution < -0.4 is 0 Å². The van der Waals surface area contributed by atoms with E-state index < -0.39 is 12.4 Å². The predicted molar refractivity (Wildman–Crippen MR) is 127 cm³/mol. The minimum atomic E-state index is -4.00. The quantitative estimate of drug-likeness (QED) is 0.293. The van der Waals surface area contributed by atoms with E-state index in [2.05, 4.69) is 101 Å². The zero-order valence-corrected chi connectivity index (χ0v) is 22.0. The number of halogens is 8. The van der Waals surface area contributed by atoms with Crippen LogP contribution in [0.5, 0.6) is 0 Å². The Morgan fingerprint density at radius 1 is 0.719 bits per heavy atom. The molecule has 0 fully saturated rings. The van der Waals surface area contributed by atoms with Gasteiger partial charge in [0.2, 0.25) is 0 Å². The topological polar surface area (TPSA) is 0 Å². The Morgan fingerprint density at radius 3 is 1.31 bits per heavy atom. The molecule has 32 heavy (non-hydrogen) atoms. The Labute approximate surface area is 204 Å². The average molecular weight is 592 g/mol. The first-order valence-corrected chi connectivity index (χ1v) is 11.8. The molecule has 0 aliphatic rings. The summed E-state index contributed by atoms with van der Waals surface area (Å²) in [7, 11) is 0. The summed E-state index contributed by atoms with van der Waals surface area (Å²) in [5.41, 5.74) is 2.80. The van der Waals surface area contributed by atoms with Crippen LogP contribution in [-0.4, -0.2) is 12.4 Å². The maximum atomic E-state index is 10.4. The molecule has 0 spiro atoms. The lowest BCUT2D eigenvalue weighted by atomic mass is 9.65. The van der Waals surface area contributed by atoms with Crippen molar-refractivity contribution in [2.24, 2.45) is 5.92 Å². The van der Waals surface area contributed by atoms with Crippen LogP contribution in [-0.2, 0) is 5.41 Å². The third-order valence-corrected chi connectivity index (χ3v) is 5.78. The van der Waals surface area contributed by atoms with E-state index in [1.54, 1.807) is 0 Å². The van der Waals surface area contributed by atoms with Gasteiger partial charge in [-0.1, -0.05) is 89.7 Å². The highest BCUT2D eigenvalue weighted by molar-refractivity contribution is 9.10. The third-order valence-electron chi connectivity index (χ3n) is 4.80. The fourth-order valence-electron chi connectivity index (χ4n) is 3.51. The van der Waals surface area contributed by atoms with Gasteiger partial charge in [-0.15, -0.1) is 0 Å². The van der Waals surface area contributed by atoms with Crippen LogP contribution in [0.2, 0.25) is 0 Å². The smallest absolute Gasteiger partial charge is 0.172 e. The molecule has 0 aliphatic heterocycles. The van der Waals surface area contributed by atoms with Crippen LogP contribution in [0, 0.1) is 5.92 Å². The number of alkyl halides is 6. The van der Waals surface area contributed by atoms with Crippen molar-refractivity contribution in [2.75, 3.05) is 0 Å². The van der Waals surface area contributed by atoms with E-state index in [1.165, 1.54) is 30.4 Å². The van der Waals surface area contributed by atoms with Crippen molar-refractivity contribution in [1.82, 2.24) is 0 Å². The zero-order chi connectivity index (χ0) is 25.2. The summed E-state index contributed by atoms with van der Waals surface area (Å²) in [4.78, 5) is 0. The number of hydrogen-bond donors (Lipinski definition) is 0. The second-order valence-corrected chi connectivity index (χ2v) is 9.51. The maximum absolute atomic E-state index is 10.4. The Bertz CT molecular complexity index is 730. The second kappa shape index (κ2) is 13.6. The second-order valence-electron chi connectivity index (χ2n) is 7.68. The molecule has 0 bridgehead atoms. The van der Waals surface area contributed by atoms with Crippen molar-refractivity contribution in [1.29, 1.82) is 0 Å². The summed E-state index contributed by atoms with van der Waals surface area (Å²) in [6.45, 7) is 7.37. The first-order valence-electron chi connectivity index (χ1n) is 10.2. The lowest BCUT2D eigenvalue weighted by molar-refractivity contribution is -0.111. The van der Waals surface area contributed by atoms with Crippen LogP contribution in [0.4, 0.5) is 26.3 Å². The number of rotatable bonds is 6. The van der Waals surface area contributed by atoms with Gasteiger partial charge in [0.15, 0.2) is 0 Å². The lowest BCUT2D eigenvalue weighted by Gasteiger charge is -2.39. The molecule has 0 nitrogen and oxygen atoms in total. The molecule has 0 saturated carbocycles. The molecule has 0 radical (unpaired) electrons. The molecule has 8 heteroatoms. The van der Waals surface area contributed by atoms with E-state index in [0.29, 0.717) is 5.92 Å². The minimum absolute atomic E-state index is 0.0261. The summed E-state index contributed by atoms with van der Waals surface area (Å²) < 4.78 is 64.4. The first kappa shape index (κ1) is 31.0. The molecule has 182 valence electrons. The molecule has 0 aliphatic carbocycles. The van der Waals surface area contributed by atoms with Crippen LogP contribution in [0.25, 0.3) is 0 Å². The fraction of sp³-hybridized carbons (Fsp3) is 0.500. The van der Waals surface area contributed by atoms with Gasteiger partial charge in [0.05, 0.1) is 0 Å². The lowest BCUT2D eigenvalue weighted by Crippen LogP contribution is -2.33. The summed E-state index contributed by atoms with van der Waals surface area (Å²) in [6, 6.07) is 17.6. The van der Waals surface area contributed by atoms with Crippen molar-refractivity contribution in [2.45, 2.75) is 71.6 Å². The Morgan fingerprint density at radius 2 is 1.06 bits per heavy atom. The zero-order valence-electron chi connectivity index (χ0n) is 18.8. The van der Waals surface area contributed by atoms with Crippen molar-refractivity contribution >= 4 is 31.9 Å². The van der Waals surface area contributed by atoms with Gasteiger partial charge in [0, 0.05) is 28.2 Å². The number of benzene rings is 2. The van der Waals surface area contributed by atoms with E-state index in [-0.39, 0.29) is 19.3 Å². The molecular formula is C24H30Br2F6. The Hall–Kier alpha value is -1.02. The molecule has 2 rings (SSSR count). The van der Waals surface area contributed by atoms with Crippen LogP contribution in [0.15, 0.2) is 57.5 Å². The van der Waals surface area contributed by atoms with Gasteiger partial charge < -0.3 is 0 Å². The van der Waals surface area contributed by atoms with Gasteiger partial charge in [-0.05, 0) is 47.7 Å². The van der Waals surface area contributed by atoms with E-state index in [1.807, 2.05) is 0 Å². The first-order chi connectivity index (χ1) is 14.5. The van der Waals surface area contributed by atoms with E-state index in [9.17, 15) is 26.3 Å². The summed E-state index contributed by atoms with van der Waals surface area (Å²) >= 11 is 7.28. The summed E-state index contributed by atoms with van der Waals surface area (Å²) in [6.07, 6.45) is -4.36. The standard InChI is InChI=1S/C20H24Br2.2C2H3F3/c1-4-8-15(5-2)20(3,16-9-6-11-18(21)13-16)17-10-7-12-19(22)14-17;2*1-2(3,4)5/h6-7,9-15H,4-5,8H2,1-3H3;2*1H3. The van der Waals surface area contributed by atoms with Crippen LogP contribution in [0.3, 0.4) is 0 Å². The predicted octanol–water partition coefficient (Wildman–Crippen LogP) is 10.5. The molecule has 1 unspecified atom stereocenters. The Kier molecular flexibility index (Phi) is 13.2. The average Bonchev–Trinajstić information content (AvgIpc) is 2.63. The molecule has 2 aromatic rings. The molecular weight excluding hydrogens is 562 g/mol. The Balaban J connectivity index is 0.000000805. The largest absolute Gasteiger partial charge is 0.386 e. The highest BCUT2D eigenvalue weighted by atomic mass is 79.9.